The molecule has 0 spiro atoms. The van der Waals surface area contributed by atoms with Crippen LogP contribution < -0.4 is 11.1 Å². The van der Waals surface area contributed by atoms with Crippen molar-refractivity contribution >= 4 is 5.96 Å². The quantitative estimate of drug-likeness (QED) is 0.402. The highest BCUT2D eigenvalue weighted by Crippen LogP contribution is 2.25. The minimum absolute atomic E-state index is 0.217. The van der Waals surface area contributed by atoms with E-state index in [0.717, 1.165) is 13.0 Å². The van der Waals surface area contributed by atoms with E-state index < -0.39 is 0 Å². The molecule has 3 nitrogen and oxygen atoms in total. The fraction of sp³-hybridized carbons (Fsp3) is 0.750. The van der Waals surface area contributed by atoms with E-state index in [1.165, 1.54) is 0 Å². The molecule has 0 heterocycles. The summed E-state index contributed by atoms with van der Waals surface area (Å²) in [4.78, 5) is 4.32. The highest BCUT2D eigenvalue weighted by atomic mass is 15.1. The fourth-order valence-electron chi connectivity index (χ4n) is 1.70. The molecule has 0 aliphatic carbocycles. The van der Waals surface area contributed by atoms with Crippen molar-refractivity contribution in [2.24, 2.45) is 22.1 Å². The molecule has 0 atom stereocenters. The molecule has 0 aliphatic heterocycles. The molecule has 3 N–H and O–H groups in total. The summed E-state index contributed by atoms with van der Waals surface area (Å²) < 4.78 is 0. The third-order valence-electron chi connectivity index (χ3n) is 2.07. The average molecular weight is 211 g/mol. The Bertz CT molecular complexity index is 217. The van der Waals surface area contributed by atoms with Gasteiger partial charge in [-0.1, -0.05) is 33.8 Å². The monoisotopic (exact) mass is 211 g/mol. The van der Waals surface area contributed by atoms with E-state index in [0.29, 0.717) is 18.4 Å². The lowest BCUT2D eigenvalue weighted by Crippen LogP contribution is -2.33. The lowest BCUT2D eigenvalue weighted by molar-refractivity contribution is 0.298. The minimum Gasteiger partial charge on any atom is -0.370 e. The molecule has 0 aliphatic rings. The van der Waals surface area contributed by atoms with Crippen LogP contribution in [-0.2, 0) is 0 Å². The van der Waals surface area contributed by atoms with E-state index in [9.17, 15) is 0 Å². The van der Waals surface area contributed by atoms with Gasteiger partial charge in [0.15, 0.2) is 5.96 Å². The van der Waals surface area contributed by atoms with Crippen molar-refractivity contribution in [2.45, 2.75) is 34.1 Å². The molecule has 0 saturated heterocycles. The number of nitrogens with two attached hydrogens (primary N) is 1. The van der Waals surface area contributed by atoms with E-state index in [2.05, 4.69) is 44.6 Å². The summed E-state index contributed by atoms with van der Waals surface area (Å²) in [6.07, 6.45) is 2.92. The standard InChI is InChI=1S/C12H25N3/c1-6-7-14-11(13)15-9-12(4,5)8-10(2)3/h6,10H,1,7-9H2,2-5H3,(H3,13,14,15). The molecule has 0 saturated carbocycles. The molecule has 0 amide bonds. The Morgan fingerprint density at radius 1 is 1.53 bits per heavy atom. The lowest BCUT2D eigenvalue weighted by Gasteiger charge is -2.24. The van der Waals surface area contributed by atoms with Crippen LogP contribution in [0.15, 0.2) is 17.6 Å². The van der Waals surface area contributed by atoms with Crippen LogP contribution in [0.25, 0.3) is 0 Å². The Balaban J connectivity index is 4.04. The van der Waals surface area contributed by atoms with Gasteiger partial charge in [-0.15, -0.1) is 6.58 Å². The predicted molar refractivity (Wildman–Crippen MR) is 67.9 cm³/mol. The molecule has 15 heavy (non-hydrogen) atoms. The zero-order valence-electron chi connectivity index (χ0n) is 10.5. The molecular weight excluding hydrogens is 186 g/mol. The van der Waals surface area contributed by atoms with Crippen LogP contribution in [0.4, 0.5) is 0 Å². The lowest BCUT2D eigenvalue weighted by atomic mass is 9.84. The third-order valence-corrected chi connectivity index (χ3v) is 2.07. The van der Waals surface area contributed by atoms with Gasteiger partial charge in [-0.2, -0.15) is 0 Å². The van der Waals surface area contributed by atoms with Gasteiger partial charge in [0.05, 0.1) is 0 Å². The van der Waals surface area contributed by atoms with Crippen molar-refractivity contribution in [1.82, 2.24) is 5.32 Å². The van der Waals surface area contributed by atoms with Crippen LogP contribution in [0, 0.1) is 11.3 Å². The van der Waals surface area contributed by atoms with Crippen molar-refractivity contribution in [2.75, 3.05) is 13.1 Å². The van der Waals surface area contributed by atoms with Crippen LogP contribution in [0.3, 0.4) is 0 Å². The largest absolute Gasteiger partial charge is 0.370 e. The van der Waals surface area contributed by atoms with Gasteiger partial charge in [-0.3, -0.25) is 4.99 Å². The molecule has 3 heteroatoms. The minimum atomic E-state index is 0.217. The summed E-state index contributed by atoms with van der Waals surface area (Å²) in [7, 11) is 0. The number of nitrogens with zero attached hydrogens (tertiary/aromatic N) is 1. The van der Waals surface area contributed by atoms with Gasteiger partial charge in [0.2, 0.25) is 0 Å². The van der Waals surface area contributed by atoms with Crippen LogP contribution >= 0.6 is 0 Å². The zero-order chi connectivity index (χ0) is 11.9. The van der Waals surface area contributed by atoms with Gasteiger partial charge in [0.25, 0.3) is 0 Å². The highest BCUT2D eigenvalue weighted by Gasteiger charge is 2.18. The van der Waals surface area contributed by atoms with Crippen LogP contribution in [0.2, 0.25) is 0 Å². The second kappa shape index (κ2) is 6.49. The van der Waals surface area contributed by atoms with E-state index in [1.54, 1.807) is 6.08 Å². The topological polar surface area (TPSA) is 50.4 Å². The summed E-state index contributed by atoms with van der Waals surface area (Å²) in [6, 6.07) is 0. The smallest absolute Gasteiger partial charge is 0.188 e. The zero-order valence-corrected chi connectivity index (χ0v) is 10.5. The molecule has 88 valence electrons. The van der Waals surface area contributed by atoms with E-state index in [1.807, 2.05) is 0 Å². The van der Waals surface area contributed by atoms with E-state index in [4.69, 9.17) is 5.73 Å². The number of hydrogen-bond donors (Lipinski definition) is 2. The van der Waals surface area contributed by atoms with Gasteiger partial charge in [0.1, 0.15) is 0 Å². The van der Waals surface area contributed by atoms with Crippen LogP contribution in [0.5, 0.6) is 0 Å². The summed E-state index contributed by atoms with van der Waals surface area (Å²) in [5.41, 5.74) is 5.91. The van der Waals surface area contributed by atoms with Gasteiger partial charge >= 0.3 is 0 Å². The summed E-state index contributed by atoms with van der Waals surface area (Å²) >= 11 is 0. The molecule has 0 aromatic heterocycles. The van der Waals surface area contributed by atoms with Crippen molar-refractivity contribution < 1.29 is 0 Å². The molecule has 0 fully saturated rings. The molecule has 0 bridgehead atoms. The van der Waals surface area contributed by atoms with Gasteiger partial charge in [0, 0.05) is 13.1 Å². The van der Waals surface area contributed by atoms with Gasteiger partial charge < -0.3 is 11.1 Å². The van der Waals surface area contributed by atoms with Gasteiger partial charge in [-0.05, 0) is 17.8 Å². The summed E-state index contributed by atoms with van der Waals surface area (Å²) in [5, 5.41) is 2.97. The van der Waals surface area contributed by atoms with Crippen molar-refractivity contribution in [3.05, 3.63) is 12.7 Å². The predicted octanol–water partition coefficient (Wildman–Crippen LogP) is 2.15. The summed E-state index contributed by atoms with van der Waals surface area (Å²) in [5.74, 6) is 1.20. The number of nitrogens with one attached hydrogen (secondary N) is 1. The Morgan fingerprint density at radius 2 is 2.13 bits per heavy atom. The van der Waals surface area contributed by atoms with E-state index in [-0.39, 0.29) is 5.41 Å². The maximum atomic E-state index is 5.69. The summed E-state index contributed by atoms with van der Waals surface area (Å²) in [6.45, 7) is 13.9. The fourth-order valence-corrected chi connectivity index (χ4v) is 1.70. The molecule has 0 rings (SSSR count). The molecule has 0 aromatic rings. The Labute approximate surface area is 93.8 Å². The van der Waals surface area contributed by atoms with Crippen LogP contribution in [-0.4, -0.2) is 19.0 Å². The number of hydrogen-bond acceptors (Lipinski definition) is 1. The average Bonchev–Trinajstić information content (AvgIpc) is 2.09. The van der Waals surface area contributed by atoms with Gasteiger partial charge in [-0.25, -0.2) is 0 Å². The Morgan fingerprint density at radius 3 is 2.60 bits per heavy atom. The number of rotatable bonds is 6. The Kier molecular flexibility index (Phi) is 6.06. The first-order valence-corrected chi connectivity index (χ1v) is 5.52. The van der Waals surface area contributed by atoms with Crippen molar-refractivity contribution in [1.29, 1.82) is 0 Å². The number of guanidine groups is 1. The number of aliphatic imine (C=N–C) groups is 1. The van der Waals surface area contributed by atoms with Crippen LogP contribution in [0.1, 0.15) is 34.1 Å². The normalized spacial score (nSPS) is 13.0. The van der Waals surface area contributed by atoms with Crippen molar-refractivity contribution in [3.8, 4) is 0 Å². The maximum Gasteiger partial charge on any atom is 0.188 e. The maximum absolute atomic E-state index is 5.69. The highest BCUT2D eigenvalue weighted by molar-refractivity contribution is 5.77. The molecule has 0 radical (unpaired) electrons. The molecule has 0 unspecified atom stereocenters. The second-order valence-corrected chi connectivity index (χ2v) is 5.13. The first-order valence-electron chi connectivity index (χ1n) is 5.52. The third kappa shape index (κ3) is 8.03. The van der Waals surface area contributed by atoms with E-state index >= 15 is 0 Å². The SMILES string of the molecule is C=CCNC(N)=NCC(C)(C)CC(C)C. The van der Waals surface area contributed by atoms with Crippen molar-refractivity contribution in [3.63, 3.8) is 0 Å². The Hall–Kier alpha value is -0.990. The first kappa shape index (κ1) is 14.0. The molecular formula is C12H25N3. The first-order chi connectivity index (χ1) is 6.87. The molecule has 0 aromatic carbocycles. The second-order valence-electron chi connectivity index (χ2n) is 5.13.